The van der Waals surface area contributed by atoms with E-state index in [9.17, 15) is 4.79 Å². The lowest BCUT2D eigenvalue weighted by Gasteiger charge is -2.35. The molecular weight excluding hydrogens is 294 g/mol. The Bertz CT molecular complexity index is 723. The van der Waals surface area contributed by atoms with Gasteiger partial charge in [0.1, 0.15) is 0 Å². The summed E-state index contributed by atoms with van der Waals surface area (Å²) in [5.41, 5.74) is 1.95. The van der Waals surface area contributed by atoms with Crippen LogP contribution in [0.25, 0.3) is 11.1 Å². The zero-order chi connectivity index (χ0) is 15.8. The molecule has 3 heterocycles. The Hall–Kier alpha value is -1.95. The maximum Gasteiger partial charge on any atom is 0.257 e. The molecule has 1 atom stereocenters. The van der Waals surface area contributed by atoms with Crippen molar-refractivity contribution in [3.05, 3.63) is 23.5 Å². The van der Waals surface area contributed by atoms with Gasteiger partial charge in [-0.25, -0.2) is 4.98 Å². The van der Waals surface area contributed by atoms with Crippen molar-refractivity contribution in [1.82, 2.24) is 15.0 Å². The monoisotopic (exact) mass is 315 g/mol. The van der Waals surface area contributed by atoms with Crippen LogP contribution in [0.5, 0.6) is 0 Å². The molecule has 2 aromatic rings. The quantitative estimate of drug-likeness (QED) is 0.867. The minimum atomic E-state index is 0.0385. The van der Waals surface area contributed by atoms with Gasteiger partial charge in [0.2, 0.25) is 0 Å². The third kappa shape index (κ3) is 2.83. The number of hydrogen-bond acceptors (Lipinski definition) is 5. The van der Waals surface area contributed by atoms with E-state index in [0.717, 1.165) is 29.8 Å². The molecule has 0 N–H and O–H groups in total. The molecule has 1 aliphatic heterocycles. The molecule has 1 amide bonds. The molecule has 1 unspecified atom stereocenters. The number of aromatic nitrogens is 2. The number of morpholine rings is 1. The van der Waals surface area contributed by atoms with E-state index in [4.69, 9.17) is 9.26 Å². The molecule has 4 rings (SSSR count). The minimum absolute atomic E-state index is 0.0385. The first-order chi connectivity index (χ1) is 11.3. The van der Waals surface area contributed by atoms with Crippen LogP contribution in [-0.4, -0.2) is 46.7 Å². The topological polar surface area (TPSA) is 68.5 Å². The highest BCUT2D eigenvalue weighted by Crippen LogP contribution is 2.35. The minimum Gasteiger partial charge on any atom is -0.377 e. The SMILES string of the molecule is CCc1noc2ncc(C(=O)N3CCOCC3CC3CC3)cc12. The number of pyridine rings is 1. The normalized spacial score (nSPS) is 21.8. The Labute approximate surface area is 134 Å². The Balaban J connectivity index is 1.61. The van der Waals surface area contributed by atoms with Crippen molar-refractivity contribution in [2.75, 3.05) is 19.8 Å². The van der Waals surface area contributed by atoms with E-state index in [1.54, 1.807) is 6.20 Å². The third-order valence-corrected chi connectivity index (χ3v) is 4.78. The van der Waals surface area contributed by atoms with Crippen LogP contribution in [0.1, 0.15) is 42.2 Å². The van der Waals surface area contributed by atoms with Crippen LogP contribution in [0.15, 0.2) is 16.8 Å². The number of fused-ring (bicyclic) bond motifs is 1. The van der Waals surface area contributed by atoms with Crippen LogP contribution in [0.4, 0.5) is 0 Å². The summed E-state index contributed by atoms with van der Waals surface area (Å²) in [6.07, 6.45) is 5.97. The number of carbonyl (C=O) groups excluding carboxylic acids is 1. The number of carbonyl (C=O) groups is 1. The first-order valence-electron chi connectivity index (χ1n) is 8.39. The Morgan fingerprint density at radius 3 is 3.09 bits per heavy atom. The highest BCUT2D eigenvalue weighted by atomic mass is 16.5. The summed E-state index contributed by atoms with van der Waals surface area (Å²) >= 11 is 0. The van der Waals surface area contributed by atoms with Crippen LogP contribution in [0.2, 0.25) is 0 Å². The molecule has 0 bridgehead atoms. The maximum absolute atomic E-state index is 13.0. The second kappa shape index (κ2) is 5.92. The summed E-state index contributed by atoms with van der Waals surface area (Å²) in [5.74, 6) is 0.805. The summed E-state index contributed by atoms with van der Waals surface area (Å²) in [6, 6.07) is 2.05. The lowest BCUT2D eigenvalue weighted by Crippen LogP contribution is -2.48. The van der Waals surface area contributed by atoms with Crippen LogP contribution >= 0.6 is 0 Å². The molecule has 1 saturated carbocycles. The molecule has 1 saturated heterocycles. The van der Waals surface area contributed by atoms with Crippen molar-refractivity contribution >= 4 is 17.0 Å². The van der Waals surface area contributed by atoms with Crippen LogP contribution < -0.4 is 0 Å². The van der Waals surface area contributed by atoms with Gasteiger partial charge in [0, 0.05) is 12.7 Å². The highest BCUT2D eigenvalue weighted by molar-refractivity contribution is 5.97. The number of ether oxygens (including phenoxy) is 1. The van der Waals surface area contributed by atoms with E-state index in [1.807, 2.05) is 17.9 Å². The summed E-state index contributed by atoms with van der Waals surface area (Å²) < 4.78 is 10.8. The van der Waals surface area contributed by atoms with Gasteiger partial charge in [-0.2, -0.15) is 0 Å². The smallest absolute Gasteiger partial charge is 0.257 e. The molecule has 6 nitrogen and oxygen atoms in total. The third-order valence-electron chi connectivity index (χ3n) is 4.78. The predicted molar refractivity (Wildman–Crippen MR) is 84.2 cm³/mol. The van der Waals surface area contributed by atoms with Crippen molar-refractivity contribution in [2.45, 2.75) is 38.6 Å². The second-order valence-corrected chi connectivity index (χ2v) is 6.47. The summed E-state index contributed by atoms with van der Waals surface area (Å²) in [4.78, 5) is 19.2. The summed E-state index contributed by atoms with van der Waals surface area (Å²) in [7, 11) is 0. The van der Waals surface area contributed by atoms with Crippen molar-refractivity contribution in [1.29, 1.82) is 0 Å². The van der Waals surface area contributed by atoms with Gasteiger partial charge in [-0.1, -0.05) is 24.9 Å². The predicted octanol–water partition coefficient (Wildman–Crippen LogP) is 2.43. The Kier molecular flexibility index (Phi) is 3.77. The van der Waals surface area contributed by atoms with Crippen molar-refractivity contribution in [3.8, 4) is 0 Å². The molecule has 0 radical (unpaired) electrons. The van der Waals surface area contributed by atoms with Gasteiger partial charge in [-0.15, -0.1) is 0 Å². The first-order valence-corrected chi connectivity index (χ1v) is 8.39. The summed E-state index contributed by atoms with van der Waals surface area (Å²) in [5, 5.41) is 4.85. The Morgan fingerprint density at radius 2 is 2.30 bits per heavy atom. The molecule has 122 valence electrons. The lowest BCUT2D eigenvalue weighted by molar-refractivity contribution is -0.00570. The molecule has 2 aliphatic rings. The van der Waals surface area contributed by atoms with Crippen molar-refractivity contribution in [2.24, 2.45) is 5.92 Å². The van der Waals surface area contributed by atoms with Gasteiger partial charge in [-0.05, 0) is 24.8 Å². The van der Waals surface area contributed by atoms with E-state index >= 15 is 0 Å². The second-order valence-electron chi connectivity index (χ2n) is 6.47. The van der Waals surface area contributed by atoms with E-state index in [0.29, 0.717) is 31.0 Å². The van der Waals surface area contributed by atoms with Crippen LogP contribution in [0, 0.1) is 5.92 Å². The summed E-state index contributed by atoms with van der Waals surface area (Å²) in [6.45, 7) is 3.92. The number of aryl methyl sites for hydroxylation is 1. The fraction of sp³-hybridized carbons (Fsp3) is 0.588. The first kappa shape index (κ1) is 14.6. The molecule has 0 spiro atoms. The van der Waals surface area contributed by atoms with Crippen molar-refractivity contribution in [3.63, 3.8) is 0 Å². The van der Waals surface area contributed by atoms with Crippen LogP contribution in [-0.2, 0) is 11.2 Å². The van der Waals surface area contributed by atoms with E-state index < -0.39 is 0 Å². The average molecular weight is 315 g/mol. The highest BCUT2D eigenvalue weighted by Gasteiger charge is 2.33. The van der Waals surface area contributed by atoms with Crippen LogP contribution in [0.3, 0.4) is 0 Å². The van der Waals surface area contributed by atoms with E-state index in [2.05, 4.69) is 10.1 Å². The fourth-order valence-corrected chi connectivity index (χ4v) is 3.27. The van der Waals surface area contributed by atoms with Gasteiger partial charge >= 0.3 is 0 Å². The van der Waals surface area contributed by atoms with Gasteiger partial charge in [0.15, 0.2) is 0 Å². The Morgan fingerprint density at radius 1 is 1.43 bits per heavy atom. The van der Waals surface area contributed by atoms with E-state index in [1.165, 1.54) is 12.8 Å². The van der Waals surface area contributed by atoms with Gasteiger partial charge in [0.25, 0.3) is 11.6 Å². The molecule has 1 aliphatic carbocycles. The zero-order valence-corrected chi connectivity index (χ0v) is 13.3. The fourth-order valence-electron chi connectivity index (χ4n) is 3.27. The molecule has 23 heavy (non-hydrogen) atoms. The van der Waals surface area contributed by atoms with Gasteiger partial charge in [-0.3, -0.25) is 4.79 Å². The van der Waals surface area contributed by atoms with E-state index in [-0.39, 0.29) is 11.9 Å². The number of rotatable bonds is 4. The number of hydrogen-bond donors (Lipinski definition) is 0. The van der Waals surface area contributed by atoms with Gasteiger partial charge < -0.3 is 14.2 Å². The molecule has 2 fully saturated rings. The number of nitrogens with zero attached hydrogens (tertiary/aromatic N) is 3. The van der Waals surface area contributed by atoms with Crippen molar-refractivity contribution < 1.29 is 14.1 Å². The molecule has 0 aromatic carbocycles. The molecular formula is C17H21N3O3. The van der Waals surface area contributed by atoms with Gasteiger partial charge in [0.05, 0.1) is 35.9 Å². The maximum atomic E-state index is 13.0. The molecule has 6 heteroatoms. The average Bonchev–Trinajstić information content (AvgIpc) is 3.31. The largest absolute Gasteiger partial charge is 0.377 e. The zero-order valence-electron chi connectivity index (χ0n) is 13.3. The standard InChI is InChI=1S/C17H21N3O3/c1-2-15-14-8-12(9-18-16(14)23-19-15)17(21)20-5-6-22-10-13(20)7-11-3-4-11/h8-9,11,13H,2-7,10H2,1H3. The lowest BCUT2D eigenvalue weighted by atomic mass is 10.1. The molecule has 2 aromatic heterocycles. The number of amides is 1.